The Balaban J connectivity index is 3.23. The van der Waals surface area contributed by atoms with Crippen LogP contribution in [0.2, 0.25) is 0 Å². The van der Waals surface area contributed by atoms with Gasteiger partial charge in [-0.3, -0.25) is 4.79 Å². The normalized spacial score (nSPS) is 12.9. The molecule has 0 saturated heterocycles. The molecule has 2 unspecified atom stereocenters. The van der Waals surface area contributed by atoms with E-state index < -0.39 is 12.1 Å². The summed E-state index contributed by atoms with van der Waals surface area (Å²) in [7, 11) is 0. The van der Waals surface area contributed by atoms with Crippen LogP contribution in [0.4, 0.5) is 0 Å². The number of amides is 1. The topological polar surface area (TPSA) is 69.6 Å². The van der Waals surface area contributed by atoms with Gasteiger partial charge in [-0.2, -0.15) is 0 Å². The van der Waals surface area contributed by atoms with E-state index in [0.29, 0.717) is 6.42 Å². The van der Waals surface area contributed by atoms with E-state index in [9.17, 15) is 15.0 Å². The average Bonchev–Trinajstić information content (AvgIpc) is 3.18. The molecule has 0 radical (unpaired) electrons. The van der Waals surface area contributed by atoms with Gasteiger partial charge in [-0.25, -0.2) is 0 Å². The monoisotopic (exact) mass is 762 g/mol. The third kappa shape index (κ3) is 42.3. The lowest BCUT2D eigenvalue weighted by Crippen LogP contribution is -2.45. The number of carbonyl (C=O) groups is 1. The highest BCUT2D eigenvalue weighted by Gasteiger charge is 2.17. The minimum Gasteiger partial charge on any atom is -0.394 e. The number of allylic oxidation sites excluding steroid dienone is 1. The Kier molecular flexibility index (Phi) is 45.8. The fraction of sp³-hybridized carbons (Fsp3) is 0.940. The number of hydrogen-bond acceptors (Lipinski definition) is 3. The van der Waals surface area contributed by atoms with Crippen molar-refractivity contribution in [1.82, 2.24) is 5.32 Å². The van der Waals surface area contributed by atoms with Crippen LogP contribution in [0.3, 0.4) is 0 Å². The van der Waals surface area contributed by atoms with E-state index >= 15 is 0 Å². The molecule has 0 aromatic heterocycles. The third-order valence-electron chi connectivity index (χ3n) is 11.8. The summed E-state index contributed by atoms with van der Waals surface area (Å²) >= 11 is 0. The molecular weight excluding hydrogens is 663 g/mol. The van der Waals surface area contributed by atoms with Gasteiger partial charge in [-0.1, -0.05) is 276 Å². The second-order valence-electron chi connectivity index (χ2n) is 17.2. The Morgan fingerprint density at radius 2 is 0.685 bits per heavy atom. The number of nitrogens with one attached hydrogen (secondary N) is 1. The average molecular weight is 762 g/mol. The van der Waals surface area contributed by atoms with Crippen LogP contribution in [0.5, 0.6) is 0 Å². The zero-order valence-corrected chi connectivity index (χ0v) is 37.0. The number of aliphatic hydroxyl groups is 2. The first-order chi connectivity index (χ1) is 26.7. The van der Waals surface area contributed by atoms with E-state index in [0.717, 1.165) is 32.1 Å². The number of rotatable bonds is 46. The minimum absolute atomic E-state index is 0.0681. The molecule has 0 heterocycles. The van der Waals surface area contributed by atoms with Crippen LogP contribution in [0.25, 0.3) is 0 Å². The van der Waals surface area contributed by atoms with Crippen LogP contribution in [0.1, 0.15) is 284 Å². The van der Waals surface area contributed by atoms with E-state index in [1.165, 1.54) is 231 Å². The number of aliphatic hydroxyl groups excluding tert-OH is 2. The molecule has 0 aliphatic carbocycles. The summed E-state index contributed by atoms with van der Waals surface area (Å²) in [6, 6.07) is -0.613. The maximum atomic E-state index is 12.2. The van der Waals surface area contributed by atoms with E-state index in [-0.39, 0.29) is 12.5 Å². The number of unbranched alkanes of at least 4 members (excludes halogenated alkanes) is 39. The molecule has 0 saturated carbocycles. The van der Waals surface area contributed by atoms with Crippen molar-refractivity contribution in [3.05, 3.63) is 12.2 Å². The van der Waals surface area contributed by atoms with Gasteiger partial charge < -0.3 is 15.5 Å². The summed E-state index contributed by atoms with van der Waals surface area (Å²) in [5.74, 6) is -0.0681. The van der Waals surface area contributed by atoms with E-state index in [2.05, 4.69) is 19.2 Å². The van der Waals surface area contributed by atoms with Crippen LogP contribution in [-0.2, 0) is 4.79 Å². The second kappa shape index (κ2) is 46.5. The molecule has 0 aromatic rings. The molecule has 322 valence electrons. The molecule has 0 spiro atoms. The van der Waals surface area contributed by atoms with Crippen LogP contribution in [-0.4, -0.2) is 34.9 Å². The quantitative estimate of drug-likeness (QED) is 0.0427. The maximum absolute atomic E-state index is 12.2. The van der Waals surface area contributed by atoms with Crippen molar-refractivity contribution in [2.24, 2.45) is 0 Å². The third-order valence-corrected chi connectivity index (χ3v) is 11.8. The van der Waals surface area contributed by atoms with Crippen molar-refractivity contribution in [2.75, 3.05) is 6.61 Å². The van der Waals surface area contributed by atoms with Gasteiger partial charge >= 0.3 is 0 Å². The molecule has 0 fully saturated rings. The fourth-order valence-electron chi connectivity index (χ4n) is 7.93. The lowest BCUT2D eigenvalue weighted by atomic mass is 10.0. The minimum atomic E-state index is -0.830. The molecule has 4 heteroatoms. The predicted octanol–water partition coefficient (Wildman–Crippen LogP) is 15.8. The van der Waals surface area contributed by atoms with Gasteiger partial charge in [-0.05, 0) is 12.8 Å². The number of hydrogen-bond donors (Lipinski definition) is 3. The van der Waals surface area contributed by atoms with Gasteiger partial charge in [0, 0.05) is 6.42 Å². The Morgan fingerprint density at radius 1 is 0.426 bits per heavy atom. The van der Waals surface area contributed by atoms with Gasteiger partial charge in [0.15, 0.2) is 0 Å². The highest BCUT2D eigenvalue weighted by Crippen LogP contribution is 2.18. The first kappa shape index (κ1) is 53.1. The zero-order chi connectivity index (χ0) is 39.3. The van der Waals surface area contributed by atoms with Gasteiger partial charge in [-0.15, -0.1) is 0 Å². The lowest BCUT2D eigenvalue weighted by Gasteiger charge is -2.19. The van der Waals surface area contributed by atoms with Crippen LogP contribution >= 0.6 is 0 Å². The Bertz CT molecular complexity index is 739. The molecular formula is C50H99NO3. The summed E-state index contributed by atoms with van der Waals surface area (Å²) in [5, 5.41) is 22.5. The van der Waals surface area contributed by atoms with Crippen LogP contribution in [0, 0.1) is 0 Å². The predicted molar refractivity (Wildman–Crippen MR) is 239 cm³/mol. The highest BCUT2D eigenvalue weighted by molar-refractivity contribution is 5.76. The second-order valence-corrected chi connectivity index (χ2v) is 17.2. The van der Waals surface area contributed by atoms with Crippen molar-refractivity contribution >= 4 is 5.91 Å². The molecule has 3 N–H and O–H groups in total. The molecule has 4 nitrogen and oxygen atoms in total. The summed E-state index contributed by atoms with van der Waals surface area (Å²) in [6.07, 6.45) is 60.1. The highest BCUT2D eigenvalue weighted by atomic mass is 16.3. The van der Waals surface area contributed by atoms with E-state index in [1.807, 2.05) is 6.08 Å². The molecule has 0 aliphatic rings. The molecule has 0 bridgehead atoms. The van der Waals surface area contributed by atoms with Gasteiger partial charge in [0.2, 0.25) is 5.91 Å². The smallest absolute Gasteiger partial charge is 0.220 e. The van der Waals surface area contributed by atoms with Crippen molar-refractivity contribution in [1.29, 1.82) is 0 Å². The molecule has 54 heavy (non-hydrogen) atoms. The van der Waals surface area contributed by atoms with Crippen molar-refractivity contribution in [3.63, 3.8) is 0 Å². The molecule has 0 aromatic carbocycles. The van der Waals surface area contributed by atoms with Gasteiger partial charge in [0.25, 0.3) is 0 Å². The molecule has 2 atom stereocenters. The molecule has 0 rings (SSSR count). The standard InChI is InChI=1S/C50H99NO3/c1-3-5-7-9-10-11-12-13-14-15-16-17-18-19-20-21-22-23-24-25-26-27-28-29-30-31-32-33-34-35-36-37-38-39-40-41-42-44-46-50(54)51-48(47-52)49(53)45-43-8-6-4-2/h43,45,48-49,52-53H,3-42,44,46-47H2,1-2H3,(H,51,54)/b45-43+. The summed E-state index contributed by atoms with van der Waals surface area (Å²) in [6.45, 7) is 4.19. The van der Waals surface area contributed by atoms with Crippen molar-refractivity contribution in [2.45, 2.75) is 296 Å². The van der Waals surface area contributed by atoms with Crippen LogP contribution < -0.4 is 5.32 Å². The van der Waals surface area contributed by atoms with E-state index in [1.54, 1.807) is 6.08 Å². The summed E-state index contributed by atoms with van der Waals surface area (Å²) in [4.78, 5) is 12.2. The summed E-state index contributed by atoms with van der Waals surface area (Å²) in [5.41, 5.74) is 0. The van der Waals surface area contributed by atoms with E-state index in [4.69, 9.17) is 0 Å². The number of carbonyl (C=O) groups excluding carboxylic acids is 1. The largest absolute Gasteiger partial charge is 0.394 e. The SMILES string of the molecule is CCCC/C=C/C(O)C(CO)NC(=O)CCCCCCCCCCCCCCCCCCCCCCCCCCCCCCCCCCCCCCCC. The molecule has 0 aliphatic heterocycles. The maximum Gasteiger partial charge on any atom is 0.220 e. The van der Waals surface area contributed by atoms with Crippen LogP contribution in [0.15, 0.2) is 12.2 Å². The van der Waals surface area contributed by atoms with Gasteiger partial charge in [0.05, 0.1) is 18.8 Å². The fourth-order valence-corrected chi connectivity index (χ4v) is 7.93. The first-order valence-corrected chi connectivity index (χ1v) is 24.9. The Hall–Kier alpha value is -0.870. The summed E-state index contributed by atoms with van der Waals surface area (Å²) < 4.78 is 0. The van der Waals surface area contributed by atoms with Crippen molar-refractivity contribution < 1.29 is 15.0 Å². The van der Waals surface area contributed by atoms with Crippen molar-refractivity contribution in [3.8, 4) is 0 Å². The van der Waals surface area contributed by atoms with Gasteiger partial charge in [0.1, 0.15) is 0 Å². The Labute approximate surface area is 339 Å². The zero-order valence-electron chi connectivity index (χ0n) is 37.0. The first-order valence-electron chi connectivity index (χ1n) is 24.9. The lowest BCUT2D eigenvalue weighted by molar-refractivity contribution is -0.123. The Morgan fingerprint density at radius 3 is 0.944 bits per heavy atom. The molecule has 1 amide bonds.